The van der Waals surface area contributed by atoms with Crippen molar-refractivity contribution in [3.05, 3.63) is 0 Å². The predicted molar refractivity (Wildman–Crippen MR) is 56.7 cm³/mol. The van der Waals surface area contributed by atoms with Crippen molar-refractivity contribution in [1.82, 2.24) is 4.72 Å². The van der Waals surface area contributed by atoms with E-state index in [1.165, 1.54) is 0 Å². The lowest BCUT2D eigenvalue weighted by molar-refractivity contribution is -0.140. The summed E-state index contributed by atoms with van der Waals surface area (Å²) in [5.41, 5.74) is 0. The van der Waals surface area contributed by atoms with Gasteiger partial charge in [-0.05, 0) is 6.42 Å². The third kappa shape index (κ3) is 6.87. The molecule has 0 aliphatic heterocycles. The summed E-state index contributed by atoms with van der Waals surface area (Å²) < 4.78 is 28.9. The molecule has 0 saturated carbocycles. The Bertz CT molecular complexity index is 364. The molecule has 3 N–H and O–H groups in total. The van der Waals surface area contributed by atoms with Crippen LogP contribution < -0.4 is 4.72 Å². The Labute approximate surface area is 98.6 Å². The first kappa shape index (κ1) is 15.8. The van der Waals surface area contributed by atoms with Crippen LogP contribution in [0.3, 0.4) is 0 Å². The van der Waals surface area contributed by atoms with Crippen LogP contribution in [0.25, 0.3) is 0 Å². The Morgan fingerprint density at radius 3 is 2.41 bits per heavy atom. The molecule has 0 aromatic rings. The number of hydrogen-bond acceptors (Lipinski definition) is 6. The fourth-order valence-electron chi connectivity index (χ4n) is 0.957. The van der Waals surface area contributed by atoms with E-state index in [0.29, 0.717) is 0 Å². The molecule has 0 heterocycles. The second kappa shape index (κ2) is 7.20. The molecule has 0 radical (unpaired) electrons. The van der Waals surface area contributed by atoms with E-state index in [1.807, 2.05) is 4.72 Å². The molecule has 0 fully saturated rings. The number of nitrogens with one attached hydrogen (secondary N) is 1. The summed E-state index contributed by atoms with van der Waals surface area (Å²) in [6.07, 6.45) is -0.607. The fraction of sp³-hybridized carbons (Fsp3) is 0.750. The normalized spacial score (nSPS) is 13.1. The number of rotatable bonds is 8. The molecule has 8 nitrogen and oxygen atoms in total. The van der Waals surface area contributed by atoms with Crippen molar-refractivity contribution in [3.63, 3.8) is 0 Å². The molecule has 0 aliphatic rings. The number of ether oxygens (including phenoxy) is 1. The number of carbonyl (C=O) groups excluding carboxylic acids is 1. The van der Waals surface area contributed by atoms with Crippen LogP contribution in [-0.4, -0.2) is 56.1 Å². The molecular weight excluding hydrogens is 254 g/mol. The number of aliphatic hydroxyl groups is 1. The molecule has 0 spiro atoms. The molecule has 17 heavy (non-hydrogen) atoms. The first-order valence-corrected chi connectivity index (χ1v) is 6.38. The van der Waals surface area contributed by atoms with Crippen LogP contribution in [0, 0.1) is 0 Å². The summed E-state index contributed by atoms with van der Waals surface area (Å²) in [7, 11) is -2.78. The summed E-state index contributed by atoms with van der Waals surface area (Å²) in [6, 6.07) is -1.40. The average molecular weight is 269 g/mol. The molecule has 100 valence electrons. The van der Waals surface area contributed by atoms with Gasteiger partial charge in [-0.1, -0.05) is 0 Å². The van der Waals surface area contributed by atoms with Crippen molar-refractivity contribution >= 4 is 22.0 Å². The van der Waals surface area contributed by atoms with Gasteiger partial charge in [0.1, 0.15) is 6.04 Å². The molecule has 1 unspecified atom stereocenters. The fourth-order valence-corrected chi connectivity index (χ4v) is 2.16. The van der Waals surface area contributed by atoms with Gasteiger partial charge in [0, 0.05) is 6.61 Å². The van der Waals surface area contributed by atoms with Crippen LogP contribution in [-0.2, 0) is 24.3 Å². The maximum Gasteiger partial charge on any atom is 0.321 e. The van der Waals surface area contributed by atoms with Crippen molar-refractivity contribution in [2.45, 2.75) is 18.9 Å². The molecule has 0 aliphatic carbocycles. The molecular formula is C8H15NO7S. The third-order valence-corrected chi connectivity index (χ3v) is 3.23. The van der Waals surface area contributed by atoms with E-state index >= 15 is 0 Å². The van der Waals surface area contributed by atoms with Crippen LogP contribution in [0.2, 0.25) is 0 Å². The molecule has 0 amide bonds. The second-order valence-corrected chi connectivity index (χ2v) is 5.04. The van der Waals surface area contributed by atoms with Crippen molar-refractivity contribution in [2.24, 2.45) is 0 Å². The van der Waals surface area contributed by atoms with Crippen LogP contribution >= 0.6 is 0 Å². The zero-order valence-electron chi connectivity index (χ0n) is 9.25. The van der Waals surface area contributed by atoms with Crippen molar-refractivity contribution < 1.29 is 33.0 Å². The van der Waals surface area contributed by atoms with E-state index in [-0.39, 0.29) is 12.8 Å². The summed E-state index contributed by atoms with van der Waals surface area (Å²) in [6.45, 7) is -0.462. The van der Waals surface area contributed by atoms with Gasteiger partial charge in [-0.15, -0.1) is 0 Å². The highest BCUT2D eigenvalue weighted by Crippen LogP contribution is 1.98. The zero-order valence-corrected chi connectivity index (χ0v) is 10.1. The maximum absolute atomic E-state index is 11.4. The number of carboxylic acid groups (broad SMARTS) is 1. The number of methoxy groups -OCH3 is 1. The Hall–Kier alpha value is -1.19. The minimum absolute atomic E-state index is 0.243. The van der Waals surface area contributed by atoms with Gasteiger partial charge < -0.3 is 14.9 Å². The van der Waals surface area contributed by atoms with Gasteiger partial charge in [0.2, 0.25) is 10.0 Å². The number of carboxylic acids is 1. The average Bonchev–Trinajstić information content (AvgIpc) is 2.25. The Kier molecular flexibility index (Phi) is 6.69. The van der Waals surface area contributed by atoms with Gasteiger partial charge in [0.15, 0.2) is 0 Å². The molecule has 0 bridgehead atoms. The van der Waals surface area contributed by atoms with Gasteiger partial charge >= 0.3 is 11.9 Å². The Morgan fingerprint density at radius 1 is 1.41 bits per heavy atom. The standard InChI is InChI=1S/C8H15NO7S/c1-16-7(11)3-5-17(14,15)9-6(2-4-10)8(12)13/h6,9-10H,2-5H2,1H3,(H,12,13). The number of sulfonamides is 1. The largest absolute Gasteiger partial charge is 0.480 e. The van der Waals surface area contributed by atoms with Crippen LogP contribution in [0.4, 0.5) is 0 Å². The summed E-state index contributed by atoms with van der Waals surface area (Å²) in [4.78, 5) is 21.4. The smallest absolute Gasteiger partial charge is 0.321 e. The van der Waals surface area contributed by atoms with E-state index in [9.17, 15) is 18.0 Å². The number of hydrogen-bond donors (Lipinski definition) is 3. The van der Waals surface area contributed by atoms with Crippen molar-refractivity contribution in [2.75, 3.05) is 19.5 Å². The van der Waals surface area contributed by atoms with E-state index in [1.54, 1.807) is 0 Å². The van der Waals surface area contributed by atoms with Crippen LogP contribution in [0.15, 0.2) is 0 Å². The summed E-state index contributed by atoms with van der Waals surface area (Å²) >= 11 is 0. The number of aliphatic carboxylic acids is 1. The zero-order chi connectivity index (χ0) is 13.5. The molecule has 0 rings (SSSR count). The van der Waals surface area contributed by atoms with Gasteiger partial charge in [0.25, 0.3) is 0 Å². The van der Waals surface area contributed by atoms with E-state index in [4.69, 9.17) is 10.2 Å². The third-order valence-electron chi connectivity index (χ3n) is 1.84. The molecule has 0 aromatic carbocycles. The van der Waals surface area contributed by atoms with Crippen molar-refractivity contribution in [1.29, 1.82) is 0 Å². The predicted octanol–water partition coefficient (Wildman–Crippen LogP) is -1.70. The first-order chi connectivity index (χ1) is 7.82. The molecule has 0 saturated heterocycles. The van der Waals surface area contributed by atoms with Crippen molar-refractivity contribution in [3.8, 4) is 0 Å². The molecule has 0 aromatic heterocycles. The Morgan fingerprint density at radius 2 is 2.00 bits per heavy atom. The minimum Gasteiger partial charge on any atom is -0.480 e. The maximum atomic E-state index is 11.4. The monoisotopic (exact) mass is 269 g/mol. The first-order valence-electron chi connectivity index (χ1n) is 4.73. The number of aliphatic hydroxyl groups excluding tert-OH is 1. The topological polar surface area (TPSA) is 130 Å². The minimum atomic E-state index is -3.90. The van der Waals surface area contributed by atoms with Gasteiger partial charge in [-0.2, -0.15) is 0 Å². The quantitative estimate of drug-likeness (QED) is 0.448. The van der Waals surface area contributed by atoms with Crippen LogP contribution in [0.1, 0.15) is 12.8 Å². The van der Waals surface area contributed by atoms with E-state index in [2.05, 4.69) is 4.74 Å². The second-order valence-electron chi connectivity index (χ2n) is 3.17. The summed E-state index contributed by atoms with van der Waals surface area (Å²) in [5, 5.41) is 17.2. The highest BCUT2D eigenvalue weighted by Gasteiger charge is 2.23. The lowest BCUT2D eigenvalue weighted by Crippen LogP contribution is -2.42. The summed E-state index contributed by atoms with van der Waals surface area (Å²) in [5.74, 6) is -2.65. The highest BCUT2D eigenvalue weighted by molar-refractivity contribution is 7.89. The lowest BCUT2D eigenvalue weighted by Gasteiger charge is -2.13. The molecule has 1 atom stereocenters. The van der Waals surface area contributed by atoms with Gasteiger partial charge in [0.05, 0.1) is 19.3 Å². The highest BCUT2D eigenvalue weighted by atomic mass is 32.2. The van der Waals surface area contributed by atoms with E-state index in [0.717, 1.165) is 7.11 Å². The lowest BCUT2D eigenvalue weighted by atomic mass is 10.2. The van der Waals surface area contributed by atoms with Gasteiger partial charge in [-0.25, -0.2) is 13.1 Å². The number of esters is 1. The molecule has 9 heteroatoms. The van der Waals surface area contributed by atoms with Crippen LogP contribution in [0.5, 0.6) is 0 Å². The number of carbonyl (C=O) groups is 2. The Balaban J connectivity index is 4.40. The SMILES string of the molecule is COC(=O)CCS(=O)(=O)NC(CCO)C(=O)O. The van der Waals surface area contributed by atoms with Gasteiger partial charge in [-0.3, -0.25) is 9.59 Å². The van der Waals surface area contributed by atoms with E-state index < -0.39 is 40.4 Å².